The zero-order chi connectivity index (χ0) is 16.1. The van der Waals surface area contributed by atoms with Gasteiger partial charge in [-0.25, -0.2) is 4.98 Å². The summed E-state index contributed by atoms with van der Waals surface area (Å²) in [7, 11) is 0. The highest BCUT2D eigenvalue weighted by Gasteiger charge is 2.11. The second-order valence-corrected chi connectivity index (χ2v) is 6.25. The molecule has 2 aromatic heterocycles. The highest BCUT2D eigenvalue weighted by atomic mass is 32.1. The van der Waals surface area contributed by atoms with Crippen LogP contribution in [0.1, 0.15) is 32.3 Å². The quantitative estimate of drug-likeness (QED) is 0.732. The van der Waals surface area contributed by atoms with Gasteiger partial charge in [0.15, 0.2) is 0 Å². The third-order valence-corrected chi connectivity index (χ3v) is 4.53. The summed E-state index contributed by atoms with van der Waals surface area (Å²) in [5, 5.41) is 12.6. The van der Waals surface area contributed by atoms with Gasteiger partial charge in [0.05, 0.1) is 29.0 Å². The number of carbonyl (C=O) groups is 1. The Kier molecular flexibility index (Phi) is 4.83. The molecule has 0 saturated heterocycles. The van der Waals surface area contributed by atoms with Gasteiger partial charge in [0.1, 0.15) is 0 Å². The number of hydrogen-bond donors (Lipinski definition) is 2. The van der Waals surface area contributed by atoms with Gasteiger partial charge in [-0.15, -0.1) is 11.3 Å². The summed E-state index contributed by atoms with van der Waals surface area (Å²) in [5.74, 6) is -0.130. The van der Waals surface area contributed by atoms with Crippen molar-refractivity contribution in [3.05, 3.63) is 69.4 Å². The van der Waals surface area contributed by atoms with Gasteiger partial charge in [0.25, 0.3) is 5.91 Å². The van der Waals surface area contributed by atoms with E-state index in [1.807, 2.05) is 18.4 Å². The molecule has 0 unspecified atom stereocenters. The van der Waals surface area contributed by atoms with Gasteiger partial charge >= 0.3 is 0 Å². The molecule has 0 aliphatic rings. The van der Waals surface area contributed by atoms with Crippen LogP contribution in [-0.4, -0.2) is 21.1 Å². The molecule has 0 radical (unpaired) electrons. The molecule has 118 valence electrons. The molecule has 1 aromatic carbocycles. The van der Waals surface area contributed by atoms with Crippen molar-refractivity contribution in [1.29, 1.82) is 0 Å². The summed E-state index contributed by atoms with van der Waals surface area (Å²) in [6.07, 6.45) is 3.44. The minimum atomic E-state index is -0.130. The van der Waals surface area contributed by atoms with Crippen LogP contribution in [0.3, 0.4) is 0 Å². The number of aromatic nitrogens is 3. The van der Waals surface area contributed by atoms with E-state index >= 15 is 0 Å². The van der Waals surface area contributed by atoms with Crippen LogP contribution < -0.4 is 5.32 Å². The molecular weight excluding hydrogens is 308 g/mol. The lowest BCUT2D eigenvalue weighted by Crippen LogP contribution is -2.23. The van der Waals surface area contributed by atoms with Crippen LogP contribution in [0.4, 0.5) is 0 Å². The van der Waals surface area contributed by atoms with Crippen LogP contribution >= 0.6 is 11.3 Å². The smallest absolute Gasteiger partial charge is 0.255 e. The number of hydrogen-bond acceptors (Lipinski definition) is 4. The minimum Gasteiger partial charge on any atom is -0.346 e. The second kappa shape index (κ2) is 7.19. The average Bonchev–Trinajstić information content (AvgIpc) is 3.20. The van der Waals surface area contributed by atoms with Gasteiger partial charge in [-0.3, -0.25) is 9.89 Å². The van der Waals surface area contributed by atoms with Crippen molar-refractivity contribution in [1.82, 2.24) is 20.5 Å². The molecule has 0 atom stereocenters. The van der Waals surface area contributed by atoms with Crippen molar-refractivity contribution >= 4 is 17.2 Å². The summed E-state index contributed by atoms with van der Waals surface area (Å²) in [6, 6.07) is 10.4. The monoisotopic (exact) mass is 326 g/mol. The van der Waals surface area contributed by atoms with Gasteiger partial charge in [-0.1, -0.05) is 30.3 Å². The first-order valence-corrected chi connectivity index (χ1v) is 8.35. The first-order valence-electron chi connectivity index (χ1n) is 7.48. The van der Waals surface area contributed by atoms with Crippen molar-refractivity contribution in [3.63, 3.8) is 0 Å². The van der Waals surface area contributed by atoms with Crippen LogP contribution in [-0.2, 0) is 19.4 Å². The number of nitrogens with zero attached hydrogens (tertiary/aromatic N) is 2. The summed E-state index contributed by atoms with van der Waals surface area (Å²) >= 11 is 1.64. The topological polar surface area (TPSA) is 70.7 Å². The third kappa shape index (κ3) is 4.04. The van der Waals surface area contributed by atoms with Gasteiger partial charge < -0.3 is 5.32 Å². The summed E-state index contributed by atoms with van der Waals surface area (Å²) in [5.41, 5.74) is 3.55. The fourth-order valence-corrected chi connectivity index (χ4v) is 3.08. The number of benzene rings is 1. The van der Waals surface area contributed by atoms with Crippen molar-refractivity contribution in [2.24, 2.45) is 0 Å². The van der Waals surface area contributed by atoms with E-state index in [1.165, 1.54) is 11.8 Å². The second-order valence-electron chi connectivity index (χ2n) is 5.31. The van der Waals surface area contributed by atoms with E-state index in [4.69, 9.17) is 0 Å². The number of amides is 1. The van der Waals surface area contributed by atoms with Crippen LogP contribution in [0, 0.1) is 6.92 Å². The van der Waals surface area contributed by atoms with Crippen molar-refractivity contribution in [3.8, 4) is 0 Å². The van der Waals surface area contributed by atoms with Crippen LogP contribution in [0.5, 0.6) is 0 Å². The van der Waals surface area contributed by atoms with Crippen molar-refractivity contribution < 1.29 is 4.79 Å². The number of nitrogens with one attached hydrogen (secondary N) is 2. The maximum atomic E-state index is 12.0. The molecule has 2 heterocycles. The lowest BCUT2D eigenvalue weighted by Gasteiger charge is -2.02. The lowest BCUT2D eigenvalue weighted by atomic mass is 10.1. The van der Waals surface area contributed by atoms with E-state index in [0.29, 0.717) is 12.1 Å². The molecular formula is C17H18N4OS. The minimum absolute atomic E-state index is 0.130. The van der Waals surface area contributed by atoms with Crippen molar-refractivity contribution in [2.45, 2.75) is 26.3 Å². The van der Waals surface area contributed by atoms with Crippen LogP contribution in [0.2, 0.25) is 0 Å². The maximum Gasteiger partial charge on any atom is 0.255 e. The predicted octanol–water partition coefficient (Wildman–Crippen LogP) is 2.89. The van der Waals surface area contributed by atoms with E-state index in [9.17, 15) is 4.79 Å². The Morgan fingerprint density at radius 2 is 2.09 bits per heavy atom. The van der Waals surface area contributed by atoms with E-state index in [2.05, 4.69) is 44.8 Å². The molecule has 6 heteroatoms. The van der Waals surface area contributed by atoms with E-state index in [0.717, 1.165) is 29.2 Å². The summed E-state index contributed by atoms with van der Waals surface area (Å²) < 4.78 is 0. The Bertz CT molecular complexity index is 779. The van der Waals surface area contributed by atoms with E-state index in [-0.39, 0.29) is 5.91 Å². The molecule has 0 bridgehead atoms. The highest BCUT2D eigenvalue weighted by Crippen LogP contribution is 2.13. The number of rotatable bonds is 6. The Balaban J connectivity index is 1.51. The molecule has 5 nitrogen and oxygen atoms in total. The van der Waals surface area contributed by atoms with Gasteiger partial charge in [0.2, 0.25) is 0 Å². The molecule has 3 rings (SSSR count). The van der Waals surface area contributed by atoms with Crippen LogP contribution in [0.25, 0.3) is 0 Å². The first kappa shape index (κ1) is 15.4. The number of thiazole rings is 1. The van der Waals surface area contributed by atoms with Gasteiger partial charge in [0, 0.05) is 17.5 Å². The molecule has 2 N–H and O–H groups in total. The molecule has 23 heavy (non-hydrogen) atoms. The number of H-pyrrole nitrogens is 1. The largest absolute Gasteiger partial charge is 0.346 e. The highest BCUT2D eigenvalue weighted by molar-refractivity contribution is 7.09. The maximum absolute atomic E-state index is 12.0. The number of carbonyl (C=O) groups excluding carboxylic acids is 1. The van der Waals surface area contributed by atoms with Crippen LogP contribution in [0.15, 0.2) is 41.9 Å². The van der Waals surface area contributed by atoms with Gasteiger partial charge in [-0.2, -0.15) is 5.10 Å². The standard InChI is InChI=1S/C17H18N4OS/c1-12-15(10-19-21-12)17(22)18-9-14-11-23-16(20-14)8-7-13-5-3-2-4-6-13/h2-6,10-11H,7-9H2,1H3,(H,18,22)(H,19,21). The number of aryl methyl sites for hydroxylation is 3. The molecule has 0 aliphatic carbocycles. The Hall–Kier alpha value is -2.47. The van der Waals surface area contributed by atoms with Crippen molar-refractivity contribution in [2.75, 3.05) is 0 Å². The number of aromatic amines is 1. The average molecular weight is 326 g/mol. The van der Waals surface area contributed by atoms with Gasteiger partial charge in [-0.05, 0) is 18.9 Å². The normalized spacial score (nSPS) is 10.7. The molecule has 0 spiro atoms. The fourth-order valence-electron chi connectivity index (χ4n) is 2.29. The molecule has 0 fully saturated rings. The molecule has 3 aromatic rings. The third-order valence-electron chi connectivity index (χ3n) is 3.57. The SMILES string of the molecule is Cc1[nH]ncc1C(=O)NCc1csc(CCc2ccccc2)n1. The molecule has 0 saturated carbocycles. The van der Waals surface area contributed by atoms with E-state index < -0.39 is 0 Å². The summed E-state index contributed by atoms with van der Waals surface area (Å²) in [4.78, 5) is 16.6. The Morgan fingerprint density at radius 1 is 1.26 bits per heavy atom. The molecule has 1 amide bonds. The zero-order valence-electron chi connectivity index (χ0n) is 12.9. The Morgan fingerprint density at radius 3 is 2.83 bits per heavy atom. The molecule has 0 aliphatic heterocycles. The lowest BCUT2D eigenvalue weighted by molar-refractivity contribution is 0.0950. The zero-order valence-corrected chi connectivity index (χ0v) is 13.7. The summed E-state index contributed by atoms with van der Waals surface area (Å²) in [6.45, 7) is 2.26. The fraction of sp³-hybridized carbons (Fsp3) is 0.235. The predicted molar refractivity (Wildman–Crippen MR) is 90.5 cm³/mol. The first-order chi connectivity index (χ1) is 11.2. The van der Waals surface area contributed by atoms with E-state index in [1.54, 1.807) is 11.3 Å². The Labute approximate surface area is 138 Å².